The van der Waals surface area contributed by atoms with E-state index in [1.807, 2.05) is 0 Å². The van der Waals surface area contributed by atoms with Crippen molar-refractivity contribution < 1.29 is 9.53 Å². The maximum absolute atomic E-state index is 10.8. The van der Waals surface area contributed by atoms with Crippen LogP contribution in [-0.4, -0.2) is 17.7 Å². The summed E-state index contributed by atoms with van der Waals surface area (Å²) in [5.74, 6) is 0. The number of anilines is 2. The highest BCUT2D eigenvalue weighted by Gasteiger charge is 2.04. The zero-order valence-corrected chi connectivity index (χ0v) is 7.35. The van der Waals surface area contributed by atoms with Crippen LogP contribution >= 0.6 is 11.3 Å². The minimum Gasteiger partial charge on any atom is -0.450 e. The second-order valence-electron chi connectivity index (χ2n) is 1.91. The molecule has 6 heteroatoms. The van der Waals surface area contributed by atoms with E-state index in [4.69, 9.17) is 5.73 Å². The van der Waals surface area contributed by atoms with Gasteiger partial charge in [0, 0.05) is 0 Å². The van der Waals surface area contributed by atoms with Crippen molar-refractivity contribution in [2.75, 3.05) is 17.7 Å². The van der Waals surface area contributed by atoms with Gasteiger partial charge in [-0.2, -0.15) is 0 Å². The van der Waals surface area contributed by atoms with Gasteiger partial charge in [-0.1, -0.05) is 11.3 Å². The van der Waals surface area contributed by atoms with Gasteiger partial charge in [-0.15, -0.1) is 0 Å². The molecule has 0 saturated carbocycles. The first-order valence-electron chi connectivity index (χ1n) is 3.37. The average Bonchev–Trinajstić information content (AvgIpc) is 2.36. The molecule has 0 spiro atoms. The smallest absolute Gasteiger partial charge is 0.413 e. The van der Waals surface area contributed by atoms with Crippen molar-refractivity contribution in [1.82, 2.24) is 4.98 Å². The Bertz CT molecular complexity index is 274. The first-order chi connectivity index (χ1) is 5.72. The Balaban J connectivity index is 2.46. The van der Waals surface area contributed by atoms with Crippen LogP contribution in [0, 0.1) is 0 Å². The number of nitrogens with zero attached hydrogens (tertiary/aromatic N) is 1. The molecule has 0 radical (unpaired) electrons. The zero-order chi connectivity index (χ0) is 8.97. The van der Waals surface area contributed by atoms with E-state index in [0.29, 0.717) is 16.7 Å². The molecule has 12 heavy (non-hydrogen) atoms. The summed E-state index contributed by atoms with van der Waals surface area (Å²) in [6.45, 7) is 2.07. The summed E-state index contributed by atoms with van der Waals surface area (Å²) >= 11 is 1.20. The van der Waals surface area contributed by atoms with Crippen LogP contribution in [0.5, 0.6) is 0 Å². The van der Waals surface area contributed by atoms with E-state index < -0.39 is 6.09 Å². The molecule has 0 unspecified atom stereocenters. The molecule has 0 saturated heterocycles. The Morgan fingerprint density at radius 3 is 3.17 bits per heavy atom. The molecule has 0 aliphatic carbocycles. The fourth-order valence-electron chi connectivity index (χ4n) is 0.599. The molecular formula is C6H9N3O2S. The van der Waals surface area contributed by atoms with Crippen molar-refractivity contribution >= 4 is 27.6 Å². The Hall–Kier alpha value is -1.30. The largest absolute Gasteiger partial charge is 0.450 e. The number of thiazole rings is 1. The van der Waals surface area contributed by atoms with Gasteiger partial charge >= 0.3 is 6.09 Å². The van der Waals surface area contributed by atoms with Crippen LogP contribution in [-0.2, 0) is 4.74 Å². The van der Waals surface area contributed by atoms with Crippen LogP contribution in [0.25, 0.3) is 0 Å². The predicted octanol–water partition coefficient (Wildman–Crippen LogP) is 1.29. The van der Waals surface area contributed by atoms with Crippen LogP contribution < -0.4 is 11.1 Å². The fourth-order valence-corrected chi connectivity index (χ4v) is 1.17. The van der Waals surface area contributed by atoms with Crippen LogP contribution in [0.3, 0.4) is 0 Å². The van der Waals surface area contributed by atoms with Gasteiger partial charge in [0.2, 0.25) is 0 Å². The highest BCUT2D eigenvalue weighted by Crippen LogP contribution is 2.19. The second kappa shape index (κ2) is 3.91. The summed E-state index contributed by atoms with van der Waals surface area (Å²) < 4.78 is 4.63. The number of amides is 1. The highest BCUT2D eigenvalue weighted by molar-refractivity contribution is 7.19. The number of nitrogen functional groups attached to an aromatic ring is 1. The number of ether oxygens (including phenoxy) is 1. The van der Waals surface area contributed by atoms with Gasteiger partial charge in [0.15, 0.2) is 5.13 Å². The minimum absolute atomic E-state index is 0.340. The number of carbonyl (C=O) groups is 1. The minimum atomic E-state index is -0.508. The van der Waals surface area contributed by atoms with Crippen LogP contribution in [0.15, 0.2) is 6.20 Å². The highest BCUT2D eigenvalue weighted by atomic mass is 32.1. The van der Waals surface area contributed by atoms with E-state index in [0.717, 1.165) is 0 Å². The molecule has 66 valence electrons. The number of hydrogen-bond acceptors (Lipinski definition) is 5. The number of nitrogens with one attached hydrogen (secondary N) is 1. The van der Waals surface area contributed by atoms with Crippen LogP contribution in [0.1, 0.15) is 6.92 Å². The number of rotatable bonds is 2. The molecule has 1 rings (SSSR count). The summed E-state index contributed by atoms with van der Waals surface area (Å²) in [5.41, 5.74) is 5.39. The van der Waals surface area contributed by atoms with Gasteiger partial charge in [-0.25, -0.2) is 9.78 Å². The maximum atomic E-state index is 10.8. The van der Waals surface area contributed by atoms with Crippen molar-refractivity contribution in [2.24, 2.45) is 0 Å². The van der Waals surface area contributed by atoms with Gasteiger partial charge in [0.25, 0.3) is 0 Å². The normalized spacial score (nSPS) is 9.42. The van der Waals surface area contributed by atoms with Gasteiger partial charge in [-0.3, -0.25) is 5.32 Å². The van der Waals surface area contributed by atoms with Crippen molar-refractivity contribution in [3.63, 3.8) is 0 Å². The molecule has 0 aliphatic heterocycles. The monoisotopic (exact) mass is 187 g/mol. The third kappa shape index (κ3) is 2.39. The fraction of sp³-hybridized carbons (Fsp3) is 0.333. The molecule has 0 aromatic carbocycles. The van der Waals surface area contributed by atoms with Crippen molar-refractivity contribution in [3.8, 4) is 0 Å². The number of carbonyl (C=O) groups excluding carboxylic acids is 1. The van der Waals surface area contributed by atoms with Crippen molar-refractivity contribution in [3.05, 3.63) is 6.20 Å². The van der Waals surface area contributed by atoms with E-state index in [1.54, 1.807) is 6.92 Å². The lowest BCUT2D eigenvalue weighted by Crippen LogP contribution is -2.12. The molecule has 0 aliphatic rings. The number of hydrogen-bond donors (Lipinski definition) is 2. The van der Waals surface area contributed by atoms with Crippen LogP contribution in [0.2, 0.25) is 0 Å². The second-order valence-corrected chi connectivity index (χ2v) is 2.98. The topological polar surface area (TPSA) is 77.2 Å². The predicted molar refractivity (Wildman–Crippen MR) is 47.2 cm³/mol. The van der Waals surface area contributed by atoms with Gasteiger partial charge in [0.05, 0.1) is 12.8 Å². The van der Waals surface area contributed by atoms with Crippen molar-refractivity contribution in [1.29, 1.82) is 0 Å². The van der Waals surface area contributed by atoms with Crippen molar-refractivity contribution in [2.45, 2.75) is 6.92 Å². The van der Waals surface area contributed by atoms with E-state index in [1.165, 1.54) is 17.5 Å². The Morgan fingerprint density at radius 1 is 1.92 bits per heavy atom. The third-order valence-corrected chi connectivity index (χ3v) is 1.75. The maximum Gasteiger partial charge on any atom is 0.413 e. The Morgan fingerprint density at radius 2 is 2.67 bits per heavy atom. The molecule has 1 amide bonds. The summed E-state index contributed by atoms with van der Waals surface area (Å²) in [7, 11) is 0. The lowest BCUT2D eigenvalue weighted by molar-refractivity contribution is 0.168. The van der Waals surface area contributed by atoms with E-state index in [9.17, 15) is 4.79 Å². The molecule has 1 heterocycles. The summed E-state index contributed by atoms with van der Waals surface area (Å²) in [4.78, 5) is 14.6. The summed E-state index contributed by atoms with van der Waals surface area (Å²) in [6.07, 6.45) is 0.971. The standard InChI is InChI=1S/C6H9N3O2S/c1-2-11-6(10)9-5-8-3-4(7)12-5/h3H,2,7H2,1H3,(H,8,9,10). The van der Waals surface area contributed by atoms with E-state index in [-0.39, 0.29) is 0 Å². The van der Waals surface area contributed by atoms with E-state index >= 15 is 0 Å². The molecule has 1 aromatic rings. The molecule has 0 bridgehead atoms. The summed E-state index contributed by atoms with van der Waals surface area (Å²) in [5, 5.41) is 3.44. The molecule has 5 nitrogen and oxygen atoms in total. The van der Waals surface area contributed by atoms with E-state index in [2.05, 4.69) is 15.0 Å². The molecular weight excluding hydrogens is 178 g/mol. The van der Waals surface area contributed by atoms with Crippen LogP contribution in [0.4, 0.5) is 14.9 Å². The quantitative estimate of drug-likeness (QED) is 0.731. The van der Waals surface area contributed by atoms with Gasteiger partial charge < -0.3 is 10.5 Å². The first kappa shape index (κ1) is 8.79. The summed E-state index contributed by atoms with van der Waals surface area (Å²) in [6, 6.07) is 0. The molecule has 3 N–H and O–H groups in total. The lowest BCUT2D eigenvalue weighted by atomic mass is 10.8. The third-order valence-electron chi connectivity index (χ3n) is 1.01. The Kier molecular flexibility index (Phi) is 2.87. The molecule has 0 fully saturated rings. The number of nitrogens with two attached hydrogens (primary N) is 1. The number of aromatic nitrogens is 1. The van der Waals surface area contributed by atoms with Gasteiger partial charge in [0.1, 0.15) is 5.00 Å². The Labute approximate surface area is 73.6 Å². The lowest BCUT2D eigenvalue weighted by Gasteiger charge is -1.99. The molecule has 1 aromatic heterocycles. The SMILES string of the molecule is CCOC(=O)Nc1ncc(N)s1. The van der Waals surface area contributed by atoms with Gasteiger partial charge in [-0.05, 0) is 6.92 Å². The molecule has 0 atom stereocenters. The zero-order valence-electron chi connectivity index (χ0n) is 6.53. The average molecular weight is 187 g/mol. The first-order valence-corrected chi connectivity index (χ1v) is 4.19.